The zero-order valence-corrected chi connectivity index (χ0v) is 7.47. The number of nitrogens with one attached hydrogen (secondary N) is 1. The lowest BCUT2D eigenvalue weighted by Gasteiger charge is -2.08. The van der Waals surface area contributed by atoms with E-state index < -0.39 is 17.8 Å². The van der Waals surface area contributed by atoms with Gasteiger partial charge in [0.05, 0.1) is 0 Å². The third-order valence-corrected chi connectivity index (χ3v) is 1.87. The first kappa shape index (κ1) is 9.31. The molecule has 1 aliphatic rings. The summed E-state index contributed by atoms with van der Waals surface area (Å²) in [6.07, 6.45) is 1.40. The Labute approximate surface area is 83.2 Å². The molecule has 2 rings (SSSR count). The maximum atomic E-state index is 11.1. The Kier molecular flexibility index (Phi) is 2.16. The molecule has 4 amide bonds. The van der Waals surface area contributed by atoms with E-state index in [1.54, 1.807) is 0 Å². The average Bonchev–Trinajstić information content (AvgIpc) is 2.76. The van der Waals surface area contributed by atoms with E-state index in [9.17, 15) is 14.4 Å². The quantitative estimate of drug-likeness (QED) is 0.490. The Hall–Kier alpha value is -2.25. The minimum absolute atomic E-state index is 0.0515. The molecule has 1 aromatic rings. The second-order valence-corrected chi connectivity index (χ2v) is 2.81. The van der Waals surface area contributed by atoms with Crippen molar-refractivity contribution in [2.45, 2.75) is 6.42 Å². The van der Waals surface area contributed by atoms with Crippen LogP contribution in [-0.4, -0.2) is 39.4 Å². The van der Waals surface area contributed by atoms with Crippen LogP contribution in [0.15, 0.2) is 10.9 Å². The van der Waals surface area contributed by atoms with Crippen LogP contribution in [0.25, 0.3) is 0 Å². The molecule has 0 saturated carbocycles. The van der Waals surface area contributed by atoms with Crippen molar-refractivity contribution in [1.29, 1.82) is 0 Å². The molecule has 8 heteroatoms. The number of carbonyl (C=O) groups is 3. The molecule has 0 aliphatic carbocycles. The third-order valence-electron chi connectivity index (χ3n) is 1.87. The molecule has 0 unspecified atom stereocenters. The lowest BCUT2D eigenvalue weighted by Crippen LogP contribution is -2.33. The second-order valence-electron chi connectivity index (χ2n) is 2.81. The van der Waals surface area contributed by atoms with Crippen molar-refractivity contribution in [3.8, 4) is 0 Å². The second kappa shape index (κ2) is 3.48. The number of hydrogen-bond acceptors (Lipinski definition) is 6. The summed E-state index contributed by atoms with van der Waals surface area (Å²) in [7, 11) is 0. The van der Waals surface area contributed by atoms with E-state index in [1.165, 1.54) is 0 Å². The SMILES string of the molecule is O=C1NC(=O)N(CCc2ncon2)C1=O. The zero-order chi connectivity index (χ0) is 10.8. The summed E-state index contributed by atoms with van der Waals surface area (Å²) in [6, 6.07) is -0.714. The van der Waals surface area contributed by atoms with Gasteiger partial charge in [0.1, 0.15) is 0 Å². The number of nitrogens with zero attached hydrogens (tertiary/aromatic N) is 3. The number of hydrogen-bond donors (Lipinski definition) is 1. The summed E-state index contributed by atoms with van der Waals surface area (Å²) in [5, 5.41) is 5.39. The molecule has 1 N–H and O–H groups in total. The standard InChI is InChI=1S/C7H6N4O4/c12-5-6(13)11(7(14)9-5)2-1-4-8-3-15-10-4/h3H,1-2H2,(H,9,12,14). The maximum absolute atomic E-state index is 11.1. The summed E-state index contributed by atoms with van der Waals surface area (Å²) in [5.41, 5.74) is 0. The van der Waals surface area contributed by atoms with Crippen molar-refractivity contribution < 1.29 is 18.9 Å². The highest BCUT2D eigenvalue weighted by Crippen LogP contribution is 2.02. The molecule has 0 spiro atoms. The van der Waals surface area contributed by atoms with Crippen LogP contribution in [0.3, 0.4) is 0 Å². The van der Waals surface area contributed by atoms with Gasteiger partial charge in [0, 0.05) is 13.0 Å². The van der Waals surface area contributed by atoms with Crippen LogP contribution in [0.1, 0.15) is 5.82 Å². The van der Waals surface area contributed by atoms with Crippen LogP contribution < -0.4 is 5.32 Å². The fourth-order valence-electron chi connectivity index (χ4n) is 1.15. The smallest absolute Gasteiger partial charge is 0.331 e. The van der Waals surface area contributed by atoms with Gasteiger partial charge < -0.3 is 4.52 Å². The molecule has 1 fully saturated rings. The number of carbonyl (C=O) groups excluding carboxylic acids is 3. The Morgan fingerprint density at radius 1 is 1.40 bits per heavy atom. The minimum atomic E-state index is -0.909. The van der Waals surface area contributed by atoms with E-state index in [4.69, 9.17) is 0 Å². The van der Waals surface area contributed by atoms with Crippen LogP contribution in [0.5, 0.6) is 0 Å². The van der Waals surface area contributed by atoms with Crippen LogP contribution in [0, 0.1) is 0 Å². The molecule has 0 atom stereocenters. The molecule has 15 heavy (non-hydrogen) atoms. The van der Waals surface area contributed by atoms with Crippen LogP contribution in [-0.2, 0) is 16.0 Å². The first-order valence-electron chi connectivity index (χ1n) is 4.10. The highest BCUT2D eigenvalue weighted by atomic mass is 16.5. The zero-order valence-electron chi connectivity index (χ0n) is 7.47. The maximum Gasteiger partial charge on any atom is 0.331 e. The number of rotatable bonds is 3. The topological polar surface area (TPSA) is 105 Å². The normalized spacial score (nSPS) is 16.0. The molecule has 0 aromatic carbocycles. The van der Waals surface area contributed by atoms with Crippen molar-refractivity contribution >= 4 is 17.8 Å². The van der Waals surface area contributed by atoms with Gasteiger partial charge in [0.2, 0.25) is 6.39 Å². The molecule has 2 heterocycles. The Morgan fingerprint density at radius 2 is 2.20 bits per heavy atom. The van der Waals surface area contributed by atoms with Crippen molar-refractivity contribution in [3.63, 3.8) is 0 Å². The van der Waals surface area contributed by atoms with Crippen molar-refractivity contribution in [1.82, 2.24) is 20.4 Å². The summed E-state index contributed by atoms with van der Waals surface area (Å²) >= 11 is 0. The first-order valence-corrected chi connectivity index (χ1v) is 4.10. The molecule has 0 radical (unpaired) electrons. The molecule has 78 valence electrons. The molecule has 0 bridgehead atoms. The van der Waals surface area contributed by atoms with Crippen molar-refractivity contribution in [2.75, 3.05) is 6.54 Å². The van der Waals surface area contributed by atoms with E-state index in [0.29, 0.717) is 5.82 Å². The third kappa shape index (κ3) is 1.68. The van der Waals surface area contributed by atoms with Gasteiger partial charge in [0.25, 0.3) is 0 Å². The number of urea groups is 1. The highest BCUT2D eigenvalue weighted by Gasteiger charge is 2.36. The molecular formula is C7H6N4O4. The Morgan fingerprint density at radius 3 is 2.73 bits per heavy atom. The summed E-state index contributed by atoms with van der Waals surface area (Å²) in [5.74, 6) is -1.40. The van der Waals surface area contributed by atoms with E-state index >= 15 is 0 Å². The largest absolute Gasteiger partial charge is 0.343 e. The number of aromatic nitrogens is 2. The average molecular weight is 210 g/mol. The summed E-state index contributed by atoms with van der Waals surface area (Å²) < 4.78 is 4.47. The van der Waals surface area contributed by atoms with E-state index in [-0.39, 0.29) is 13.0 Å². The highest BCUT2D eigenvalue weighted by molar-refractivity contribution is 6.44. The number of amides is 4. The fourth-order valence-corrected chi connectivity index (χ4v) is 1.15. The molecule has 1 saturated heterocycles. The van der Waals surface area contributed by atoms with Gasteiger partial charge in [-0.1, -0.05) is 5.16 Å². The first-order chi connectivity index (χ1) is 7.18. The van der Waals surface area contributed by atoms with Crippen LogP contribution in [0.4, 0.5) is 4.79 Å². The van der Waals surface area contributed by atoms with E-state index in [2.05, 4.69) is 14.7 Å². The number of imide groups is 2. The van der Waals surface area contributed by atoms with Gasteiger partial charge in [-0.3, -0.25) is 19.8 Å². The Bertz CT molecular complexity index is 413. The molecular weight excluding hydrogens is 204 g/mol. The van der Waals surface area contributed by atoms with Gasteiger partial charge in [-0.25, -0.2) is 4.79 Å². The Balaban J connectivity index is 1.98. The van der Waals surface area contributed by atoms with Gasteiger partial charge in [0.15, 0.2) is 5.82 Å². The van der Waals surface area contributed by atoms with E-state index in [0.717, 1.165) is 11.3 Å². The predicted octanol–water partition coefficient (Wildman–Crippen LogP) is -1.31. The predicted molar refractivity (Wildman–Crippen MR) is 43.3 cm³/mol. The monoisotopic (exact) mass is 210 g/mol. The molecule has 8 nitrogen and oxygen atoms in total. The lowest BCUT2D eigenvalue weighted by atomic mass is 10.4. The molecule has 1 aliphatic heterocycles. The summed E-state index contributed by atoms with van der Waals surface area (Å²) in [6.45, 7) is 0.0515. The summed E-state index contributed by atoms with van der Waals surface area (Å²) in [4.78, 5) is 37.5. The van der Waals surface area contributed by atoms with Crippen molar-refractivity contribution in [2.24, 2.45) is 0 Å². The van der Waals surface area contributed by atoms with Crippen LogP contribution in [0.2, 0.25) is 0 Å². The minimum Gasteiger partial charge on any atom is -0.343 e. The lowest BCUT2D eigenvalue weighted by molar-refractivity contribution is -0.140. The van der Waals surface area contributed by atoms with Crippen LogP contribution >= 0.6 is 0 Å². The van der Waals surface area contributed by atoms with Crippen molar-refractivity contribution in [3.05, 3.63) is 12.2 Å². The van der Waals surface area contributed by atoms with Gasteiger partial charge in [-0.2, -0.15) is 4.98 Å². The van der Waals surface area contributed by atoms with Gasteiger partial charge >= 0.3 is 17.8 Å². The fraction of sp³-hybridized carbons (Fsp3) is 0.286. The van der Waals surface area contributed by atoms with E-state index in [1.807, 2.05) is 5.32 Å². The van der Waals surface area contributed by atoms with Gasteiger partial charge in [-0.05, 0) is 0 Å². The molecule has 1 aromatic heterocycles. The van der Waals surface area contributed by atoms with Gasteiger partial charge in [-0.15, -0.1) is 0 Å².